The second kappa shape index (κ2) is 8.99. The van der Waals surface area contributed by atoms with E-state index in [4.69, 9.17) is 26.3 Å². The topological polar surface area (TPSA) is 102 Å². The Hall–Kier alpha value is -3.98. The maximum absolute atomic E-state index is 13.7. The molecular formula is C25H24ClN7O2. The molecule has 1 amide bonds. The number of fused-ring (bicyclic) bond motifs is 2. The molecule has 1 N–H and O–H groups in total. The fraction of sp³-hybridized carbons (Fsp3) is 0.240. The second-order valence-electron chi connectivity index (χ2n) is 8.26. The zero-order chi connectivity index (χ0) is 24.7. The lowest BCUT2D eigenvalue weighted by molar-refractivity contribution is 0.0781. The van der Waals surface area contributed by atoms with E-state index < -0.39 is 0 Å². The number of methoxy groups -OCH3 is 1. The highest BCUT2D eigenvalue weighted by Crippen LogP contribution is 2.33. The van der Waals surface area contributed by atoms with Gasteiger partial charge in [0.1, 0.15) is 11.4 Å². The Bertz CT molecular complexity index is 1570. The molecule has 0 unspecified atom stereocenters. The van der Waals surface area contributed by atoms with Crippen molar-refractivity contribution in [2.24, 2.45) is 0 Å². The van der Waals surface area contributed by atoms with Crippen LogP contribution in [-0.2, 0) is 13.1 Å². The Morgan fingerprint density at radius 1 is 1.20 bits per heavy atom. The number of hydrogen-bond donors (Lipinski definition) is 1. The number of ether oxygens (including phenoxy) is 1. The molecule has 0 aliphatic carbocycles. The highest BCUT2D eigenvalue weighted by atomic mass is 35.5. The number of hydrogen-bond acceptors (Lipinski definition) is 6. The first-order chi connectivity index (χ1) is 16.9. The molecule has 0 aliphatic rings. The van der Waals surface area contributed by atoms with E-state index in [1.807, 2.05) is 30.7 Å². The van der Waals surface area contributed by atoms with Gasteiger partial charge in [-0.1, -0.05) is 11.6 Å². The van der Waals surface area contributed by atoms with Crippen molar-refractivity contribution >= 4 is 39.4 Å². The van der Waals surface area contributed by atoms with E-state index in [0.717, 1.165) is 28.8 Å². The molecule has 0 bridgehead atoms. The Balaban J connectivity index is 1.62. The molecule has 10 heteroatoms. The van der Waals surface area contributed by atoms with Gasteiger partial charge in [0.2, 0.25) is 0 Å². The Morgan fingerprint density at radius 3 is 2.77 bits per heavy atom. The predicted molar refractivity (Wildman–Crippen MR) is 135 cm³/mol. The van der Waals surface area contributed by atoms with Crippen LogP contribution in [0.5, 0.6) is 5.75 Å². The molecule has 9 nitrogen and oxygen atoms in total. The van der Waals surface area contributed by atoms with E-state index in [1.54, 1.807) is 49.8 Å². The first-order valence-corrected chi connectivity index (χ1v) is 11.5. The van der Waals surface area contributed by atoms with E-state index >= 15 is 0 Å². The van der Waals surface area contributed by atoms with Gasteiger partial charge in [0.05, 0.1) is 41.7 Å². The van der Waals surface area contributed by atoms with Crippen molar-refractivity contribution in [1.82, 2.24) is 34.6 Å². The third-order valence-electron chi connectivity index (χ3n) is 6.10. The van der Waals surface area contributed by atoms with Crippen molar-refractivity contribution in [2.75, 3.05) is 14.2 Å². The lowest BCUT2D eigenvalue weighted by atomic mass is 10.1. The highest BCUT2D eigenvalue weighted by Gasteiger charge is 2.22. The summed E-state index contributed by atoms with van der Waals surface area (Å²) in [6, 6.07) is 8.95. The summed E-state index contributed by atoms with van der Waals surface area (Å²) in [5.74, 6) is 0.693. The number of imidazole rings is 1. The average Bonchev–Trinajstić information content (AvgIpc) is 3.47. The molecule has 3 heterocycles. The molecule has 0 atom stereocenters. The van der Waals surface area contributed by atoms with Crippen LogP contribution in [0.3, 0.4) is 0 Å². The standard InChI is InChI=1S/C25H24ClN7O2/c1-5-33-14(2)15(11-29-33)12-32(3)25(34)23-17-8-16(26)6-7-19(17)30-24(31-23)18-9-20-21(28-13-27-20)10-22(18)35-4/h6-11,13H,5,12H2,1-4H3,(H,27,28). The van der Waals surface area contributed by atoms with Gasteiger partial charge in [0.15, 0.2) is 5.82 Å². The number of amides is 1. The average molecular weight is 490 g/mol. The monoisotopic (exact) mass is 489 g/mol. The van der Waals surface area contributed by atoms with Crippen molar-refractivity contribution in [1.29, 1.82) is 0 Å². The Kier molecular flexibility index (Phi) is 5.86. The van der Waals surface area contributed by atoms with Crippen LogP contribution < -0.4 is 4.74 Å². The van der Waals surface area contributed by atoms with E-state index in [2.05, 4.69) is 15.1 Å². The van der Waals surface area contributed by atoms with Gasteiger partial charge < -0.3 is 14.6 Å². The minimum absolute atomic E-state index is 0.244. The second-order valence-corrected chi connectivity index (χ2v) is 8.70. The number of nitrogens with one attached hydrogen (secondary N) is 1. The summed E-state index contributed by atoms with van der Waals surface area (Å²) in [5.41, 5.74) is 5.11. The molecule has 5 aromatic rings. The van der Waals surface area contributed by atoms with Crippen molar-refractivity contribution in [3.05, 3.63) is 64.8 Å². The number of carbonyl (C=O) groups excluding carboxylic acids is 1. The maximum Gasteiger partial charge on any atom is 0.273 e. The highest BCUT2D eigenvalue weighted by molar-refractivity contribution is 6.31. The van der Waals surface area contributed by atoms with E-state index in [0.29, 0.717) is 39.6 Å². The van der Waals surface area contributed by atoms with Crippen LogP contribution >= 0.6 is 11.6 Å². The molecule has 0 spiro atoms. The maximum atomic E-state index is 13.7. The first kappa shape index (κ1) is 22.8. The number of aromatic nitrogens is 6. The summed E-state index contributed by atoms with van der Waals surface area (Å²) >= 11 is 6.28. The minimum Gasteiger partial charge on any atom is -0.496 e. The number of aryl methyl sites for hydroxylation is 1. The smallest absolute Gasteiger partial charge is 0.273 e. The predicted octanol–water partition coefficient (Wildman–Crippen LogP) is 4.63. The van der Waals surface area contributed by atoms with Gasteiger partial charge in [-0.3, -0.25) is 9.48 Å². The van der Waals surface area contributed by atoms with E-state index in [9.17, 15) is 4.79 Å². The van der Waals surface area contributed by atoms with Crippen LogP contribution in [-0.4, -0.2) is 54.7 Å². The van der Waals surface area contributed by atoms with Crippen LogP contribution in [0.2, 0.25) is 5.02 Å². The molecule has 3 aromatic heterocycles. The number of rotatable bonds is 6. The molecule has 0 saturated carbocycles. The summed E-state index contributed by atoms with van der Waals surface area (Å²) in [6.07, 6.45) is 3.41. The number of benzene rings is 2. The van der Waals surface area contributed by atoms with Crippen LogP contribution in [0.4, 0.5) is 0 Å². The van der Waals surface area contributed by atoms with Crippen molar-refractivity contribution < 1.29 is 9.53 Å². The normalized spacial score (nSPS) is 11.3. The molecule has 0 radical (unpaired) electrons. The van der Waals surface area contributed by atoms with E-state index in [1.165, 1.54) is 0 Å². The van der Waals surface area contributed by atoms with Crippen LogP contribution in [0.25, 0.3) is 33.3 Å². The fourth-order valence-corrected chi connectivity index (χ4v) is 4.33. The van der Waals surface area contributed by atoms with Gasteiger partial charge in [-0.2, -0.15) is 5.10 Å². The molecular weight excluding hydrogens is 466 g/mol. The number of carbonyl (C=O) groups is 1. The fourth-order valence-electron chi connectivity index (χ4n) is 4.16. The number of nitrogens with zero attached hydrogens (tertiary/aromatic N) is 6. The summed E-state index contributed by atoms with van der Waals surface area (Å²) in [7, 11) is 3.33. The zero-order valence-electron chi connectivity index (χ0n) is 19.8. The van der Waals surface area contributed by atoms with Crippen LogP contribution in [0, 0.1) is 6.92 Å². The summed E-state index contributed by atoms with van der Waals surface area (Å²) in [4.78, 5) is 32.2. The molecule has 0 fully saturated rings. The quantitative estimate of drug-likeness (QED) is 0.373. The van der Waals surface area contributed by atoms with E-state index in [-0.39, 0.29) is 11.6 Å². The minimum atomic E-state index is -0.244. The van der Waals surface area contributed by atoms with Gasteiger partial charge in [0.25, 0.3) is 5.91 Å². The van der Waals surface area contributed by atoms with Gasteiger partial charge in [-0.25, -0.2) is 15.0 Å². The number of halogens is 1. The van der Waals surface area contributed by atoms with Gasteiger partial charge in [-0.05, 0) is 38.1 Å². The lowest BCUT2D eigenvalue weighted by Gasteiger charge is -2.18. The Labute approximate surface area is 206 Å². The molecule has 178 valence electrons. The third kappa shape index (κ3) is 4.08. The van der Waals surface area contributed by atoms with Gasteiger partial charge in [0, 0.05) is 47.9 Å². The van der Waals surface area contributed by atoms with Gasteiger partial charge >= 0.3 is 0 Å². The van der Waals surface area contributed by atoms with Crippen LogP contribution in [0.1, 0.15) is 28.7 Å². The summed E-state index contributed by atoms with van der Waals surface area (Å²) in [5, 5.41) is 5.47. The molecule has 35 heavy (non-hydrogen) atoms. The largest absolute Gasteiger partial charge is 0.496 e. The molecule has 2 aromatic carbocycles. The van der Waals surface area contributed by atoms with Gasteiger partial charge in [-0.15, -0.1) is 0 Å². The zero-order valence-corrected chi connectivity index (χ0v) is 20.6. The number of H-pyrrole nitrogens is 1. The number of aromatic amines is 1. The summed E-state index contributed by atoms with van der Waals surface area (Å²) < 4.78 is 7.51. The summed E-state index contributed by atoms with van der Waals surface area (Å²) in [6.45, 7) is 5.20. The van der Waals surface area contributed by atoms with Crippen LogP contribution in [0.15, 0.2) is 42.9 Å². The molecule has 0 aliphatic heterocycles. The Morgan fingerprint density at radius 2 is 2.03 bits per heavy atom. The molecule has 0 saturated heterocycles. The van der Waals surface area contributed by atoms with Crippen molar-refractivity contribution in [2.45, 2.75) is 26.9 Å². The molecule has 5 rings (SSSR count). The first-order valence-electron chi connectivity index (χ1n) is 11.1. The van der Waals surface area contributed by atoms with Crippen molar-refractivity contribution in [3.8, 4) is 17.1 Å². The lowest BCUT2D eigenvalue weighted by Crippen LogP contribution is -2.27. The van der Waals surface area contributed by atoms with Crippen molar-refractivity contribution in [3.63, 3.8) is 0 Å². The SMILES string of the molecule is CCn1ncc(CN(C)C(=O)c2nc(-c3cc4[nH]cnc4cc3OC)nc3ccc(Cl)cc23)c1C. The third-order valence-corrected chi connectivity index (χ3v) is 6.34.